The highest BCUT2D eigenvalue weighted by Crippen LogP contribution is 2.50. The number of phenolic OH excluding ortho intramolecular Hbond substituents is 1. The van der Waals surface area contributed by atoms with Crippen LogP contribution in [0.5, 0.6) is 5.75 Å². The van der Waals surface area contributed by atoms with E-state index >= 15 is 0 Å². The van der Waals surface area contributed by atoms with Gasteiger partial charge in [-0.25, -0.2) is 0 Å². The number of benzene rings is 1. The quantitative estimate of drug-likeness (QED) is 0.319. The number of amides is 1. The first-order chi connectivity index (χ1) is 14.4. The van der Waals surface area contributed by atoms with Gasteiger partial charge in [0, 0.05) is 17.7 Å². The number of Topliss-reactive ketones (excluding diaryl/α,β-unsaturated/α-hetero) is 4. The number of anilines is 1. The van der Waals surface area contributed by atoms with Crippen molar-refractivity contribution in [1.82, 2.24) is 4.90 Å². The lowest BCUT2D eigenvalue weighted by molar-refractivity contribution is -0.181. The molecule has 10 heteroatoms. The molecule has 6 N–H and O–H groups in total. The summed E-state index contributed by atoms with van der Waals surface area (Å²) >= 11 is 0. The molecule has 0 radical (unpaired) electrons. The van der Waals surface area contributed by atoms with Gasteiger partial charge in [-0.15, -0.1) is 0 Å². The zero-order valence-corrected chi connectivity index (χ0v) is 17.0. The zero-order valence-electron chi connectivity index (χ0n) is 17.0. The summed E-state index contributed by atoms with van der Waals surface area (Å²) in [7, 11) is 3.07. The first-order valence-corrected chi connectivity index (χ1v) is 9.87. The molecule has 10 nitrogen and oxygen atoms in total. The molecule has 31 heavy (non-hydrogen) atoms. The number of carbonyl (C=O) groups excluding carboxylic acids is 5. The molecule has 0 saturated heterocycles. The van der Waals surface area contributed by atoms with Gasteiger partial charge >= 0.3 is 0 Å². The number of rotatable bonds is 2. The third-order valence-corrected chi connectivity index (χ3v) is 6.89. The van der Waals surface area contributed by atoms with Gasteiger partial charge in [0.2, 0.25) is 5.91 Å². The van der Waals surface area contributed by atoms with Crippen molar-refractivity contribution in [2.75, 3.05) is 19.8 Å². The molecule has 3 aliphatic carbocycles. The summed E-state index contributed by atoms with van der Waals surface area (Å²) in [4.78, 5) is 66.0. The molecule has 0 bridgehead atoms. The third-order valence-electron chi connectivity index (χ3n) is 6.89. The number of primary amides is 1. The first kappa shape index (κ1) is 21.1. The number of ketones is 4. The van der Waals surface area contributed by atoms with Crippen molar-refractivity contribution in [2.24, 2.45) is 29.4 Å². The van der Waals surface area contributed by atoms with Crippen LogP contribution in [0.15, 0.2) is 12.1 Å². The topological polar surface area (TPSA) is 181 Å². The van der Waals surface area contributed by atoms with Gasteiger partial charge in [-0.3, -0.25) is 28.9 Å². The van der Waals surface area contributed by atoms with Crippen molar-refractivity contribution >= 4 is 34.7 Å². The Morgan fingerprint density at radius 2 is 1.81 bits per heavy atom. The Bertz CT molecular complexity index is 1070. The molecule has 2 saturated carbocycles. The summed E-state index contributed by atoms with van der Waals surface area (Å²) in [6.45, 7) is 0. The number of carbonyl (C=O) groups is 5. The van der Waals surface area contributed by atoms with Crippen LogP contribution in [-0.4, -0.2) is 69.9 Å². The van der Waals surface area contributed by atoms with E-state index in [1.807, 2.05) is 0 Å². The molecule has 1 aromatic carbocycles. The monoisotopic (exact) mass is 429 g/mol. The number of hydrogen-bond donors (Lipinski definition) is 4. The van der Waals surface area contributed by atoms with E-state index in [-0.39, 0.29) is 29.8 Å². The summed E-state index contributed by atoms with van der Waals surface area (Å²) in [5.41, 5.74) is 8.97. The van der Waals surface area contributed by atoms with Crippen LogP contribution in [0.1, 0.15) is 22.3 Å². The van der Waals surface area contributed by atoms with Crippen LogP contribution in [-0.2, 0) is 25.6 Å². The lowest BCUT2D eigenvalue weighted by Gasteiger charge is -2.52. The van der Waals surface area contributed by atoms with E-state index in [4.69, 9.17) is 11.5 Å². The van der Waals surface area contributed by atoms with Crippen molar-refractivity contribution in [2.45, 2.75) is 24.5 Å². The molecule has 2 fully saturated rings. The Kier molecular flexibility index (Phi) is 4.56. The maximum absolute atomic E-state index is 13.5. The number of aliphatic hydroxyl groups is 1. The Hall–Kier alpha value is -3.11. The number of fused-ring (bicyclic) bond motifs is 3. The molecular weight excluding hydrogens is 406 g/mol. The van der Waals surface area contributed by atoms with Crippen molar-refractivity contribution in [3.8, 4) is 5.75 Å². The summed E-state index contributed by atoms with van der Waals surface area (Å²) in [5.74, 6) is -10.6. The Morgan fingerprint density at radius 1 is 1.16 bits per heavy atom. The van der Waals surface area contributed by atoms with E-state index in [0.717, 1.165) is 0 Å². The Labute approximate surface area is 177 Å². The Morgan fingerprint density at radius 3 is 2.39 bits per heavy atom. The maximum atomic E-state index is 13.5. The molecular formula is C21H23N3O7. The van der Waals surface area contributed by atoms with E-state index in [2.05, 4.69) is 0 Å². The minimum Gasteiger partial charge on any atom is -0.507 e. The smallest absolute Gasteiger partial charge is 0.235 e. The SMILES string of the molecule is CN(C)[C@@H]1C(=O)C(C(N)=O)C(=O)[C@@]2(O)C(=O)C3C(=O)c4c(O)cc(N)cc4C[C@H]3C[C@@H]12. The van der Waals surface area contributed by atoms with E-state index in [0.29, 0.717) is 5.56 Å². The fourth-order valence-corrected chi connectivity index (χ4v) is 5.66. The second-order valence-corrected chi connectivity index (χ2v) is 8.86. The minimum atomic E-state index is -2.71. The summed E-state index contributed by atoms with van der Waals surface area (Å²) < 4.78 is 0. The molecule has 0 aromatic heterocycles. The number of nitrogen functional groups attached to an aromatic ring is 1. The van der Waals surface area contributed by atoms with Gasteiger partial charge in [-0.05, 0) is 44.5 Å². The van der Waals surface area contributed by atoms with Gasteiger partial charge in [0.1, 0.15) is 5.75 Å². The molecule has 4 rings (SSSR count). The molecule has 1 aromatic rings. The average molecular weight is 429 g/mol. The fourth-order valence-electron chi connectivity index (χ4n) is 5.66. The zero-order chi connectivity index (χ0) is 23.0. The highest BCUT2D eigenvalue weighted by Gasteiger charge is 2.69. The largest absolute Gasteiger partial charge is 0.507 e. The van der Waals surface area contributed by atoms with Gasteiger partial charge in [-0.2, -0.15) is 0 Å². The normalized spacial score (nSPS) is 34.9. The van der Waals surface area contributed by atoms with Crippen molar-refractivity contribution in [3.05, 3.63) is 23.3 Å². The van der Waals surface area contributed by atoms with E-state index < -0.39 is 64.4 Å². The highest BCUT2D eigenvalue weighted by atomic mass is 16.3. The average Bonchev–Trinajstić information content (AvgIpc) is 2.63. The molecule has 6 atom stereocenters. The lowest BCUT2D eigenvalue weighted by atomic mass is 9.52. The number of nitrogens with zero attached hydrogens (tertiary/aromatic N) is 1. The van der Waals surface area contributed by atoms with Crippen LogP contribution < -0.4 is 11.5 Å². The Balaban J connectivity index is 1.87. The number of likely N-dealkylation sites (N-methyl/N-ethyl adjacent to an activating group) is 1. The number of phenols is 1. The van der Waals surface area contributed by atoms with Gasteiger partial charge in [-0.1, -0.05) is 0 Å². The van der Waals surface area contributed by atoms with Gasteiger partial charge in [0.05, 0.1) is 17.5 Å². The molecule has 0 aliphatic heterocycles. The summed E-state index contributed by atoms with van der Waals surface area (Å²) in [5, 5.41) is 21.6. The second kappa shape index (κ2) is 6.69. The second-order valence-electron chi connectivity index (χ2n) is 8.86. The molecule has 1 amide bonds. The van der Waals surface area contributed by atoms with Crippen LogP contribution >= 0.6 is 0 Å². The van der Waals surface area contributed by atoms with Gasteiger partial charge in [0.25, 0.3) is 0 Å². The van der Waals surface area contributed by atoms with Crippen LogP contribution in [0.3, 0.4) is 0 Å². The van der Waals surface area contributed by atoms with Crippen molar-refractivity contribution in [3.63, 3.8) is 0 Å². The van der Waals surface area contributed by atoms with Crippen LogP contribution in [0.25, 0.3) is 0 Å². The van der Waals surface area contributed by atoms with Crippen LogP contribution in [0.2, 0.25) is 0 Å². The standard InChI is InChI=1S/C21H23N3O7/c1-24(2)15-10-5-8-3-7-4-9(22)6-11(25)12(7)16(26)13(8)18(28)21(10,31)19(29)14(17(15)27)20(23)30/h4,6,8,10,13-15,25,31H,3,5,22H2,1-2H3,(H2,23,30)/t8-,10-,13?,14?,15-,21-/m0/s1. The van der Waals surface area contributed by atoms with Gasteiger partial charge in [0.15, 0.2) is 34.7 Å². The molecule has 3 aliphatic rings. The van der Waals surface area contributed by atoms with Crippen LogP contribution in [0.4, 0.5) is 5.69 Å². The predicted octanol–water partition coefficient (Wildman–Crippen LogP) is -1.55. The summed E-state index contributed by atoms with van der Waals surface area (Å²) in [6.07, 6.45) is 0.212. The number of aromatic hydroxyl groups is 1. The summed E-state index contributed by atoms with van der Waals surface area (Å²) in [6, 6.07) is 1.62. The first-order valence-electron chi connectivity index (χ1n) is 9.87. The van der Waals surface area contributed by atoms with E-state index in [1.165, 1.54) is 31.1 Å². The fraction of sp³-hybridized carbons (Fsp3) is 0.476. The minimum absolute atomic E-state index is 0.0133. The van der Waals surface area contributed by atoms with Crippen LogP contribution in [0, 0.1) is 23.7 Å². The van der Waals surface area contributed by atoms with Crippen molar-refractivity contribution in [1.29, 1.82) is 0 Å². The third kappa shape index (κ3) is 2.68. The van der Waals surface area contributed by atoms with E-state index in [1.54, 1.807) is 0 Å². The van der Waals surface area contributed by atoms with Gasteiger partial charge < -0.3 is 21.7 Å². The molecule has 164 valence electrons. The predicted molar refractivity (Wildman–Crippen MR) is 106 cm³/mol. The number of nitrogens with two attached hydrogens (primary N) is 2. The highest BCUT2D eigenvalue weighted by molar-refractivity contribution is 6.32. The number of hydrogen-bond acceptors (Lipinski definition) is 9. The van der Waals surface area contributed by atoms with Crippen molar-refractivity contribution < 1.29 is 34.2 Å². The lowest BCUT2D eigenvalue weighted by Crippen LogP contribution is -2.74. The molecule has 2 unspecified atom stereocenters. The maximum Gasteiger partial charge on any atom is 0.235 e. The molecule has 0 spiro atoms. The van der Waals surface area contributed by atoms with E-state index in [9.17, 15) is 34.2 Å². The molecule has 0 heterocycles.